The van der Waals surface area contributed by atoms with Gasteiger partial charge in [0.1, 0.15) is 0 Å². The van der Waals surface area contributed by atoms with E-state index in [4.69, 9.17) is 0 Å². The van der Waals surface area contributed by atoms with Crippen LogP contribution in [0.15, 0.2) is 236 Å². The van der Waals surface area contributed by atoms with Crippen molar-refractivity contribution in [2.75, 3.05) is 4.90 Å². The molecule has 2 heteroatoms. The fourth-order valence-corrected chi connectivity index (χ4v) is 13.1. The number of aromatic nitrogens is 1. The largest absolute Gasteiger partial charge is 0.310 e. The highest BCUT2D eigenvalue weighted by Gasteiger charge is 2.40. The second-order valence-corrected chi connectivity index (χ2v) is 22.7. The average molecular weight is 977 g/mol. The first-order valence-corrected chi connectivity index (χ1v) is 27.1. The molecule has 14 rings (SSSR count). The summed E-state index contributed by atoms with van der Waals surface area (Å²) in [5.41, 5.74) is 30.5. The summed E-state index contributed by atoms with van der Waals surface area (Å²) in [6.45, 7) is 14.0. The molecule has 0 bridgehead atoms. The zero-order chi connectivity index (χ0) is 51.5. The van der Waals surface area contributed by atoms with Crippen LogP contribution < -0.4 is 4.90 Å². The van der Waals surface area contributed by atoms with Gasteiger partial charge in [0.25, 0.3) is 0 Å². The lowest BCUT2D eigenvalue weighted by Crippen LogP contribution is -2.19. The molecule has 3 aliphatic rings. The normalized spacial score (nSPS) is 14.8. The number of allylic oxidation sites excluding steroid dienone is 4. The fourth-order valence-electron chi connectivity index (χ4n) is 13.1. The Labute approximate surface area is 447 Å². The number of rotatable bonds is 8. The van der Waals surface area contributed by atoms with Crippen molar-refractivity contribution < 1.29 is 0 Å². The van der Waals surface area contributed by atoms with Gasteiger partial charge >= 0.3 is 0 Å². The molecule has 0 atom stereocenters. The Morgan fingerprint density at radius 1 is 0.368 bits per heavy atom. The van der Waals surface area contributed by atoms with Crippen molar-refractivity contribution in [1.82, 2.24) is 4.57 Å². The molecule has 366 valence electrons. The van der Waals surface area contributed by atoms with Crippen molar-refractivity contribution in [2.24, 2.45) is 0 Å². The monoisotopic (exact) mass is 976 g/mol. The van der Waals surface area contributed by atoms with Crippen LogP contribution in [0, 0.1) is 13.8 Å². The van der Waals surface area contributed by atoms with Gasteiger partial charge in [-0.3, -0.25) is 0 Å². The summed E-state index contributed by atoms with van der Waals surface area (Å²) in [4.78, 5) is 2.48. The van der Waals surface area contributed by atoms with Crippen LogP contribution >= 0.6 is 0 Å². The quantitative estimate of drug-likeness (QED) is 0.147. The highest BCUT2D eigenvalue weighted by atomic mass is 15.1. The number of para-hydroxylation sites is 3. The van der Waals surface area contributed by atoms with Crippen LogP contribution in [0.3, 0.4) is 0 Å². The molecule has 0 spiro atoms. The van der Waals surface area contributed by atoms with Crippen molar-refractivity contribution in [3.8, 4) is 50.2 Å². The van der Waals surface area contributed by atoms with E-state index < -0.39 is 0 Å². The Morgan fingerprint density at radius 2 is 0.921 bits per heavy atom. The van der Waals surface area contributed by atoms with Crippen molar-refractivity contribution in [1.29, 1.82) is 0 Å². The van der Waals surface area contributed by atoms with Gasteiger partial charge in [0.15, 0.2) is 0 Å². The lowest BCUT2D eigenvalue weighted by molar-refractivity contribution is 0.652. The van der Waals surface area contributed by atoms with Crippen LogP contribution in [-0.2, 0) is 10.8 Å². The molecule has 0 saturated heterocycles. The topological polar surface area (TPSA) is 8.17 Å². The standard InChI is InChI=1S/C74H60N2/c1-47-24-28-49(29-25-47)54-39-55(50-30-26-48(2)27-31-50)41-56(40-54)52-17-15-16-51(38-52)53-32-35-61-62-36-33-59(43-68(62)73(3,4)67(61)42-53)75(57-18-9-7-10-19-57)60-34-37-63-65-45-66-64-22-13-14-23-71(64)76(58-20-11-8-12-21-58)72(66)46-70(65)74(5,6)69(63)44-60/h7-31,33-34,36-46H,32,35H2,1-6H3. The minimum atomic E-state index is -0.225. The maximum absolute atomic E-state index is 2.54. The van der Waals surface area contributed by atoms with E-state index in [0.29, 0.717) is 0 Å². The molecule has 11 aromatic rings. The van der Waals surface area contributed by atoms with E-state index in [-0.39, 0.29) is 10.8 Å². The first-order valence-electron chi connectivity index (χ1n) is 27.1. The van der Waals surface area contributed by atoms with Crippen molar-refractivity contribution in [2.45, 2.75) is 65.2 Å². The summed E-state index contributed by atoms with van der Waals surface area (Å²) in [5, 5.41) is 2.57. The van der Waals surface area contributed by atoms with E-state index in [1.54, 1.807) is 0 Å². The Hall–Kier alpha value is -8.72. The molecular weight excluding hydrogens is 917 g/mol. The van der Waals surface area contributed by atoms with E-state index in [9.17, 15) is 0 Å². The molecule has 1 aromatic heterocycles. The number of anilines is 3. The minimum Gasteiger partial charge on any atom is -0.310 e. The molecular formula is C74H60N2. The number of hydrogen-bond donors (Lipinski definition) is 0. The summed E-state index contributed by atoms with van der Waals surface area (Å²) < 4.78 is 2.44. The Kier molecular flexibility index (Phi) is 10.5. The second kappa shape index (κ2) is 17.4. The zero-order valence-corrected chi connectivity index (χ0v) is 44.2. The highest BCUT2D eigenvalue weighted by molar-refractivity contribution is 6.12. The molecule has 3 aliphatic carbocycles. The molecule has 2 nitrogen and oxygen atoms in total. The molecule has 0 fully saturated rings. The average Bonchev–Trinajstić information content (AvgIpc) is 4.11. The molecule has 1 heterocycles. The van der Waals surface area contributed by atoms with Gasteiger partial charge in [0.2, 0.25) is 0 Å². The molecule has 0 unspecified atom stereocenters. The van der Waals surface area contributed by atoms with Gasteiger partial charge in [0.05, 0.1) is 11.0 Å². The van der Waals surface area contributed by atoms with Crippen molar-refractivity contribution in [3.63, 3.8) is 0 Å². The lowest BCUT2D eigenvalue weighted by Gasteiger charge is -2.30. The van der Waals surface area contributed by atoms with Gasteiger partial charge in [-0.2, -0.15) is 0 Å². The van der Waals surface area contributed by atoms with Crippen LogP contribution in [-0.4, -0.2) is 4.57 Å². The smallest absolute Gasteiger partial charge is 0.0544 e. The van der Waals surface area contributed by atoms with E-state index in [2.05, 4.69) is 282 Å². The number of aryl methyl sites for hydroxylation is 2. The lowest BCUT2D eigenvalue weighted by atomic mass is 9.78. The van der Waals surface area contributed by atoms with Crippen LogP contribution in [0.25, 0.3) is 83.1 Å². The zero-order valence-electron chi connectivity index (χ0n) is 44.2. The minimum absolute atomic E-state index is 0.189. The number of hydrogen-bond acceptors (Lipinski definition) is 1. The molecule has 76 heavy (non-hydrogen) atoms. The predicted molar refractivity (Wildman–Crippen MR) is 322 cm³/mol. The van der Waals surface area contributed by atoms with Crippen molar-refractivity contribution in [3.05, 3.63) is 275 Å². The third-order valence-electron chi connectivity index (χ3n) is 17.2. The summed E-state index contributed by atoms with van der Waals surface area (Å²) in [6, 6.07) is 84.3. The van der Waals surface area contributed by atoms with E-state index in [1.165, 1.54) is 139 Å². The van der Waals surface area contributed by atoms with E-state index in [0.717, 1.165) is 18.5 Å². The van der Waals surface area contributed by atoms with Crippen LogP contribution in [0.2, 0.25) is 0 Å². The molecule has 0 radical (unpaired) electrons. The Morgan fingerprint density at radius 3 is 1.59 bits per heavy atom. The first-order chi connectivity index (χ1) is 37.0. The SMILES string of the molecule is Cc1ccc(-c2cc(-c3ccc(C)cc3)cc(-c3cccc(C4=CC5=C(CC4)c4ccc(N(c6ccccc6)c6ccc7c(c6)C(C)(C)c6cc8c(cc6-7)c6ccccc6n8-c6ccccc6)cc4C5(C)C)c3)c2)cc1. The molecule has 0 saturated carbocycles. The van der Waals surface area contributed by atoms with E-state index >= 15 is 0 Å². The maximum atomic E-state index is 2.54. The number of benzene rings is 10. The van der Waals surface area contributed by atoms with Crippen LogP contribution in [0.5, 0.6) is 0 Å². The van der Waals surface area contributed by atoms with Crippen LogP contribution in [0.1, 0.15) is 79.5 Å². The van der Waals surface area contributed by atoms with Gasteiger partial charge in [-0.15, -0.1) is 0 Å². The first kappa shape index (κ1) is 45.9. The summed E-state index contributed by atoms with van der Waals surface area (Å²) in [7, 11) is 0. The molecule has 0 amide bonds. The van der Waals surface area contributed by atoms with E-state index in [1.807, 2.05) is 0 Å². The van der Waals surface area contributed by atoms with Crippen LogP contribution in [0.4, 0.5) is 17.1 Å². The summed E-state index contributed by atoms with van der Waals surface area (Å²) >= 11 is 0. The predicted octanol–water partition coefficient (Wildman–Crippen LogP) is 20.1. The van der Waals surface area contributed by atoms with Gasteiger partial charge in [-0.1, -0.05) is 178 Å². The van der Waals surface area contributed by atoms with Gasteiger partial charge in [0, 0.05) is 44.4 Å². The molecule has 10 aromatic carbocycles. The third-order valence-corrected chi connectivity index (χ3v) is 17.2. The third kappa shape index (κ3) is 7.37. The number of fused-ring (bicyclic) bond motifs is 8. The Bertz CT molecular complexity index is 4140. The highest BCUT2D eigenvalue weighted by Crippen LogP contribution is 2.56. The van der Waals surface area contributed by atoms with Gasteiger partial charge < -0.3 is 9.47 Å². The second-order valence-electron chi connectivity index (χ2n) is 22.7. The Balaban J connectivity index is 0.815. The molecule has 0 N–H and O–H groups in total. The maximum Gasteiger partial charge on any atom is 0.0544 e. The van der Waals surface area contributed by atoms with Gasteiger partial charge in [-0.25, -0.2) is 0 Å². The summed E-state index contributed by atoms with van der Waals surface area (Å²) in [5.74, 6) is 0. The van der Waals surface area contributed by atoms with Gasteiger partial charge in [-0.05, 0) is 207 Å². The molecule has 0 aliphatic heterocycles. The summed E-state index contributed by atoms with van der Waals surface area (Å²) in [6.07, 6.45) is 4.56. The van der Waals surface area contributed by atoms with Crippen molar-refractivity contribution >= 4 is 50.0 Å². The number of nitrogens with zero attached hydrogens (tertiary/aromatic N) is 2. The fraction of sp³-hybridized carbons (Fsp3) is 0.135.